The molecule has 1 aliphatic heterocycles. The SMILES string of the molecule is CC1(CN)CCN(C(=O)Cc2csc(-c3cccs3)n2)C1.Cl.Cl. The molecule has 1 fully saturated rings. The number of carbonyl (C=O) groups is 1. The Morgan fingerprint density at radius 1 is 1.43 bits per heavy atom. The molecule has 3 heterocycles. The number of halogens is 2. The largest absolute Gasteiger partial charge is 0.342 e. The zero-order valence-electron chi connectivity index (χ0n) is 12.9. The lowest BCUT2D eigenvalue weighted by Gasteiger charge is -2.22. The molecule has 23 heavy (non-hydrogen) atoms. The molecule has 2 aromatic rings. The van der Waals surface area contributed by atoms with E-state index in [-0.39, 0.29) is 36.1 Å². The van der Waals surface area contributed by atoms with E-state index in [1.165, 1.54) is 0 Å². The fourth-order valence-corrected chi connectivity index (χ4v) is 4.21. The zero-order valence-corrected chi connectivity index (χ0v) is 16.1. The number of rotatable bonds is 4. The number of amides is 1. The summed E-state index contributed by atoms with van der Waals surface area (Å²) < 4.78 is 0. The van der Waals surface area contributed by atoms with Gasteiger partial charge in [0.2, 0.25) is 5.91 Å². The second-order valence-electron chi connectivity index (χ2n) is 5.88. The first-order chi connectivity index (χ1) is 10.1. The van der Waals surface area contributed by atoms with Gasteiger partial charge in [-0.05, 0) is 29.8 Å². The third kappa shape index (κ3) is 4.67. The highest BCUT2D eigenvalue weighted by Gasteiger charge is 2.34. The van der Waals surface area contributed by atoms with Gasteiger partial charge in [0.05, 0.1) is 17.0 Å². The molecule has 1 unspecified atom stereocenters. The number of thiophene rings is 1. The van der Waals surface area contributed by atoms with Crippen molar-refractivity contribution in [3.8, 4) is 9.88 Å². The van der Waals surface area contributed by atoms with Crippen molar-refractivity contribution in [3.63, 3.8) is 0 Å². The first-order valence-corrected chi connectivity index (χ1v) is 8.82. The van der Waals surface area contributed by atoms with Crippen LogP contribution >= 0.6 is 47.5 Å². The summed E-state index contributed by atoms with van der Waals surface area (Å²) in [6.45, 7) is 4.37. The molecular weight excluding hydrogens is 373 g/mol. The van der Waals surface area contributed by atoms with Crippen LogP contribution in [0.15, 0.2) is 22.9 Å². The van der Waals surface area contributed by atoms with Gasteiger partial charge in [-0.3, -0.25) is 4.79 Å². The van der Waals surface area contributed by atoms with Gasteiger partial charge in [0.1, 0.15) is 5.01 Å². The van der Waals surface area contributed by atoms with E-state index in [2.05, 4.69) is 18.0 Å². The summed E-state index contributed by atoms with van der Waals surface area (Å²) in [5, 5.41) is 5.03. The summed E-state index contributed by atoms with van der Waals surface area (Å²) >= 11 is 3.28. The van der Waals surface area contributed by atoms with Crippen molar-refractivity contribution in [1.82, 2.24) is 9.88 Å². The maximum absolute atomic E-state index is 12.4. The Labute approximate surface area is 156 Å². The first-order valence-electron chi connectivity index (χ1n) is 7.06. The van der Waals surface area contributed by atoms with Crippen LogP contribution in [0.2, 0.25) is 0 Å². The minimum atomic E-state index is 0. The maximum Gasteiger partial charge on any atom is 0.228 e. The van der Waals surface area contributed by atoms with E-state index in [9.17, 15) is 4.79 Å². The van der Waals surface area contributed by atoms with Gasteiger partial charge in [0.25, 0.3) is 0 Å². The summed E-state index contributed by atoms with van der Waals surface area (Å²) in [5.41, 5.74) is 6.75. The number of aromatic nitrogens is 1. The van der Waals surface area contributed by atoms with E-state index in [4.69, 9.17) is 5.73 Å². The Bertz CT molecular complexity index is 632. The first kappa shape index (κ1) is 20.4. The Balaban J connectivity index is 0.00000132. The second-order valence-corrected chi connectivity index (χ2v) is 7.68. The van der Waals surface area contributed by atoms with Crippen LogP contribution in [-0.4, -0.2) is 35.4 Å². The van der Waals surface area contributed by atoms with Gasteiger partial charge in [0.15, 0.2) is 0 Å². The van der Waals surface area contributed by atoms with E-state index in [0.717, 1.165) is 35.1 Å². The van der Waals surface area contributed by atoms with Crippen molar-refractivity contribution in [2.75, 3.05) is 19.6 Å². The fraction of sp³-hybridized carbons (Fsp3) is 0.467. The lowest BCUT2D eigenvalue weighted by atomic mass is 9.90. The van der Waals surface area contributed by atoms with E-state index in [1.54, 1.807) is 22.7 Å². The Morgan fingerprint density at radius 2 is 2.22 bits per heavy atom. The number of hydrogen-bond acceptors (Lipinski definition) is 5. The zero-order chi connectivity index (χ0) is 14.9. The third-order valence-corrected chi connectivity index (χ3v) is 5.95. The number of carbonyl (C=O) groups excluding carboxylic acids is 1. The van der Waals surface area contributed by atoms with Gasteiger partial charge in [0, 0.05) is 18.5 Å². The predicted octanol–water partition coefficient (Wildman–Crippen LogP) is 3.46. The summed E-state index contributed by atoms with van der Waals surface area (Å²) in [6.07, 6.45) is 1.38. The van der Waals surface area contributed by atoms with E-state index >= 15 is 0 Å². The smallest absolute Gasteiger partial charge is 0.228 e. The predicted molar refractivity (Wildman–Crippen MR) is 102 cm³/mol. The van der Waals surface area contributed by atoms with Crippen LogP contribution in [0.3, 0.4) is 0 Å². The van der Waals surface area contributed by atoms with Crippen molar-refractivity contribution in [3.05, 3.63) is 28.6 Å². The summed E-state index contributed by atoms with van der Waals surface area (Å²) in [5.74, 6) is 0.162. The summed E-state index contributed by atoms with van der Waals surface area (Å²) in [4.78, 5) is 20.0. The van der Waals surface area contributed by atoms with Crippen molar-refractivity contribution >= 4 is 53.4 Å². The van der Waals surface area contributed by atoms with Crippen LogP contribution in [-0.2, 0) is 11.2 Å². The molecule has 1 atom stereocenters. The highest BCUT2D eigenvalue weighted by atomic mass is 35.5. The molecule has 1 aliphatic rings. The Hall–Kier alpha value is -0.660. The minimum absolute atomic E-state index is 0. The molecule has 0 radical (unpaired) electrons. The monoisotopic (exact) mass is 393 g/mol. The van der Waals surface area contributed by atoms with Crippen LogP contribution in [0, 0.1) is 5.41 Å². The summed E-state index contributed by atoms with van der Waals surface area (Å²) in [7, 11) is 0. The van der Waals surface area contributed by atoms with E-state index in [0.29, 0.717) is 13.0 Å². The number of nitrogens with zero attached hydrogens (tertiary/aromatic N) is 2. The molecule has 8 heteroatoms. The van der Waals surface area contributed by atoms with Crippen LogP contribution in [0.25, 0.3) is 9.88 Å². The molecule has 4 nitrogen and oxygen atoms in total. The number of nitrogens with two attached hydrogens (primary N) is 1. The Kier molecular flexibility index (Phi) is 7.48. The Morgan fingerprint density at radius 3 is 2.83 bits per heavy atom. The van der Waals surface area contributed by atoms with Crippen LogP contribution in [0.1, 0.15) is 19.0 Å². The topological polar surface area (TPSA) is 59.2 Å². The molecule has 3 rings (SSSR count). The third-order valence-electron chi connectivity index (χ3n) is 4.02. The van der Waals surface area contributed by atoms with Gasteiger partial charge in [-0.1, -0.05) is 13.0 Å². The lowest BCUT2D eigenvalue weighted by Crippen LogP contribution is -2.35. The quantitative estimate of drug-likeness (QED) is 0.864. The molecular formula is C15H21Cl2N3OS2. The molecule has 0 aromatic carbocycles. The minimum Gasteiger partial charge on any atom is -0.342 e. The van der Waals surface area contributed by atoms with Crippen molar-refractivity contribution < 1.29 is 4.79 Å². The van der Waals surface area contributed by atoms with Gasteiger partial charge in [-0.25, -0.2) is 4.98 Å². The number of thiazole rings is 1. The van der Waals surface area contributed by atoms with Gasteiger partial charge in [-0.15, -0.1) is 47.5 Å². The average Bonchev–Trinajstić information content (AvgIpc) is 3.18. The van der Waals surface area contributed by atoms with Crippen molar-refractivity contribution in [1.29, 1.82) is 0 Å². The second kappa shape index (κ2) is 8.44. The van der Waals surface area contributed by atoms with E-state index < -0.39 is 0 Å². The normalized spacial score (nSPS) is 20.0. The molecule has 128 valence electrons. The molecule has 0 bridgehead atoms. The lowest BCUT2D eigenvalue weighted by molar-refractivity contribution is -0.129. The van der Waals surface area contributed by atoms with Crippen LogP contribution < -0.4 is 5.73 Å². The van der Waals surface area contributed by atoms with Crippen molar-refractivity contribution in [2.45, 2.75) is 19.8 Å². The molecule has 1 amide bonds. The molecule has 2 aromatic heterocycles. The van der Waals surface area contributed by atoms with E-state index in [1.807, 2.05) is 21.7 Å². The average molecular weight is 394 g/mol. The standard InChI is InChI=1S/C15H19N3OS2.2ClH/c1-15(9-16)4-5-18(10-15)13(19)7-11-8-21-14(17-11)12-3-2-6-20-12;;/h2-3,6,8H,4-5,7,9-10,16H2,1H3;2*1H. The maximum atomic E-state index is 12.4. The number of likely N-dealkylation sites (tertiary alicyclic amines) is 1. The molecule has 0 spiro atoms. The van der Waals surface area contributed by atoms with Crippen molar-refractivity contribution in [2.24, 2.45) is 11.1 Å². The van der Waals surface area contributed by atoms with Gasteiger partial charge in [-0.2, -0.15) is 0 Å². The molecule has 0 aliphatic carbocycles. The molecule has 2 N–H and O–H groups in total. The molecule has 1 saturated heterocycles. The van der Waals surface area contributed by atoms with Gasteiger partial charge >= 0.3 is 0 Å². The van der Waals surface area contributed by atoms with Crippen LogP contribution in [0.5, 0.6) is 0 Å². The highest BCUT2D eigenvalue weighted by molar-refractivity contribution is 7.20. The number of hydrogen-bond donors (Lipinski definition) is 1. The summed E-state index contributed by atoms with van der Waals surface area (Å²) in [6, 6.07) is 4.08. The molecule has 0 saturated carbocycles. The fourth-order valence-electron chi connectivity index (χ4n) is 2.57. The highest BCUT2D eigenvalue weighted by Crippen LogP contribution is 2.30. The van der Waals surface area contributed by atoms with Crippen LogP contribution in [0.4, 0.5) is 0 Å². The van der Waals surface area contributed by atoms with Gasteiger partial charge < -0.3 is 10.6 Å².